The fourth-order valence-corrected chi connectivity index (χ4v) is 0. The minimum Gasteiger partial charge on any atom is -0.379 e. The van der Waals surface area contributed by atoms with Gasteiger partial charge in [0.15, 0.2) is 139 Å². The fraction of sp³-hybridized carbons (Fsp3) is 0. The number of rotatable bonds is 0. The van der Waals surface area contributed by atoms with Crippen LogP contribution >= 0.6 is 0 Å². The second kappa shape index (κ2) is 1790. The molecule has 0 radical (unpaired) electrons. The zero-order valence-electron chi connectivity index (χ0n) is 33.9. The maximum absolute atomic E-state index is 8.11. The monoisotopic (exact) mass is 1300 g/mol. The smallest absolute Gasteiger partial charge is 0.316 e. The molecule has 26 N–H and O–H groups in total. The topological polar surface area (TPSA) is 1290 Å². The standard InChI is InChI=1S/3Mg.26HNO2.6H/c;;;26*2-1-3;;;;;;/h;;;26*(H,2,3);;;;;;. The molecule has 0 bridgehead atoms. The maximum atomic E-state index is 8.11. The summed E-state index contributed by atoms with van der Waals surface area (Å²) in [6.07, 6.45) is 0. The highest BCUT2D eigenvalue weighted by molar-refractivity contribution is 5.76. The molecule has 0 fully saturated rings. The zero-order chi connectivity index (χ0) is 70.4. The van der Waals surface area contributed by atoms with E-state index in [1.807, 2.05) is 0 Å². The van der Waals surface area contributed by atoms with E-state index in [0.717, 1.165) is 0 Å². The predicted molar refractivity (Wildman–Crippen MR) is 223 cm³/mol. The van der Waals surface area contributed by atoms with Gasteiger partial charge < -0.3 is 135 Å². The van der Waals surface area contributed by atoms with Crippen molar-refractivity contribution in [2.75, 3.05) is 0 Å². The van der Waals surface area contributed by atoms with Crippen molar-refractivity contribution in [3.63, 3.8) is 0 Å². The quantitative estimate of drug-likeness (QED) is 0.0912. The Labute approximate surface area is 470 Å². The first-order valence-electron chi connectivity index (χ1n) is 9.95. The third-order valence-electron chi connectivity index (χ3n) is 0. The third-order valence-corrected chi connectivity index (χ3v) is 0. The summed E-state index contributed by atoms with van der Waals surface area (Å²) >= 11 is 0. The van der Waals surface area contributed by atoms with Crippen LogP contribution in [0.3, 0.4) is 0 Å². The van der Waals surface area contributed by atoms with Crippen molar-refractivity contribution < 1.29 is 135 Å². The van der Waals surface area contributed by atoms with E-state index >= 15 is 0 Å². The highest BCUT2D eigenvalue weighted by Crippen LogP contribution is 1.32. The van der Waals surface area contributed by atoms with Gasteiger partial charge in [0.1, 0.15) is 0 Å². The van der Waals surface area contributed by atoms with Crippen LogP contribution < -0.4 is 0 Å². The Balaban J connectivity index is -0.0000000128. The molecule has 0 unspecified atom stereocenters. The van der Waals surface area contributed by atoms with Gasteiger partial charge >= 0.3 is 69.2 Å². The van der Waals surface area contributed by atoms with Crippen LogP contribution in [0.5, 0.6) is 0 Å². The second-order valence-electron chi connectivity index (χ2n) is 2.12. The Bertz CT molecular complexity index is 652. The summed E-state index contributed by atoms with van der Waals surface area (Å²) in [5.74, 6) is 0. The molecular formula is H32Mg3N26O52. The summed E-state index contributed by atoms with van der Waals surface area (Å²) in [6.45, 7) is 0. The van der Waals surface area contributed by atoms with Gasteiger partial charge in [0.2, 0.25) is 0 Å². The molecule has 0 saturated carbocycles. The fourth-order valence-electron chi connectivity index (χ4n) is 0. The lowest BCUT2D eigenvalue weighted by molar-refractivity contribution is 0.312. The first-order valence-corrected chi connectivity index (χ1v) is 9.95. The Morgan fingerprint density at radius 1 is 0.0864 bits per heavy atom. The van der Waals surface area contributed by atoms with E-state index in [0.29, 0.717) is 0 Å². The number of hydrogen-bond donors (Lipinski definition) is 26. The lowest BCUT2D eigenvalue weighted by Crippen LogP contribution is -1.25. The van der Waals surface area contributed by atoms with Crippen LogP contribution in [0.25, 0.3) is 0 Å². The van der Waals surface area contributed by atoms with Crippen molar-refractivity contribution in [3.05, 3.63) is 128 Å². The average molecular weight is 1300 g/mol. The SMILES string of the molecule is O=NO.O=NO.O=NO.O=NO.O=NO.O=NO.O=NO.O=NO.O=NO.O=NO.O=NO.O=NO.O=NO.O=NO.O=NO.O=NO.O=NO.O=NO.O=NO.O=NO.O=NO.O=NO.O=NO.O=NO.O=NO.O=NO.[MgH2].[MgH2].[MgH2]. The molecule has 0 spiro atoms. The molecule has 0 aromatic heterocycles. The summed E-state index contributed by atoms with van der Waals surface area (Å²) in [5.41, 5.74) is 0. The molecule has 78 nitrogen and oxygen atoms in total. The van der Waals surface area contributed by atoms with E-state index in [4.69, 9.17) is 263 Å². The van der Waals surface area contributed by atoms with Crippen molar-refractivity contribution in [1.29, 1.82) is 0 Å². The van der Waals surface area contributed by atoms with E-state index < -0.39 is 0 Å². The van der Waals surface area contributed by atoms with E-state index in [-0.39, 0.29) is 69.2 Å². The van der Waals surface area contributed by atoms with Gasteiger partial charge in [-0.15, -0.1) is 128 Å². The minimum absolute atomic E-state index is 0. The third kappa shape index (κ3) is 1580. The highest BCUT2D eigenvalue weighted by Gasteiger charge is 1.25. The van der Waals surface area contributed by atoms with Gasteiger partial charge in [0.05, 0.1) is 0 Å². The van der Waals surface area contributed by atoms with Crippen molar-refractivity contribution in [3.8, 4) is 0 Å². The first-order chi connectivity index (χ1) is 36.8. The van der Waals surface area contributed by atoms with E-state index in [9.17, 15) is 0 Å². The van der Waals surface area contributed by atoms with Gasteiger partial charge in [-0.3, -0.25) is 0 Å². The van der Waals surface area contributed by atoms with Crippen LogP contribution in [0.4, 0.5) is 0 Å². The van der Waals surface area contributed by atoms with Crippen molar-refractivity contribution >= 4 is 69.2 Å². The molecule has 0 atom stereocenters. The molecule has 0 aliphatic rings. The van der Waals surface area contributed by atoms with Gasteiger partial charge in [-0.2, -0.15) is 0 Å². The average Bonchev–Trinajstić information content (AvgIpc) is 3.31. The van der Waals surface area contributed by atoms with Crippen LogP contribution in [0.2, 0.25) is 0 Å². The molecular weight excluding hydrogens is 1270 g/mol. The van der Waals surface area contributed by atoms with Gasteiger partial charge in [0.25, 0.3) is 0 Å². The second-order valence-corrected chi connectivity index (χ2v) is 2.12. The normalized spacial score (nSPS) is 3.85. The van der Waals surface area contributed by atoms with Crippen molar-refractivity contribution in [1.82, 2.24) is 0 Å². The largest absolute Gasteiger partial charge is 0.379 e. The van der Waals surface area contributed by atoms with Gasteiger partial charge in [-0.25, -0.2) is 0 Å². The molecule has 0 aliphatic carbocycles. The number of hydrogen-bond acceptors (Lipinski definition) is 52. The van der Waals surface area contributed by atoms with E-state index in [1.165, 1.54) is 139 Å². The van der Waals surface area contributed by atoms with Crippen LogP contribution in [0, 0.1) is 128 Å². The molecule has 0 aromatic rings. The summed E-state index contributed by atoms with van der Waals surface area (Å²) in [4.78, 5) is 211. The van der Waals surface area contributed by atoms with Crippen LogP contribution in [-0.4, -0.2) is 205 Å². The lowest BCUT2D eigenvalue weighted by atomic mass is 13.4. The molecule has 480 valence electrons. The molecule has 0 aliphatic heterocycles. The summed E-state index contributed by atoms with van der Waals surface area (Å²) in [5, 5.41) is 205. The Hall–Kier alpha value is -13.3. The van der Waals surface area contributed by atoms with Crippen LogP contribution in [0.15, 0.2) is 139 Å². The van der Waals surface area contributed by atoms with E-state index in [1.54, 1.807) is 0 Å². The Kier molecular flexibility index (Phi) is 4430. The van der Waals surface area contributed by atoms with Crippen LogP contribution in [0.1, 0.15) is 0 Å². The molecule has 0 heterocycles. The van der Waals surface area contributed by atoms with E-state index in [2.05, 4.69) is 0 Å². The molecule has 81 heteroatoms. The Morgan fingerprint density at radius 2 is 0.0864 bits per heavy atom. The van der Waals surface area contributed by atoms with Gasteiger partial charge in [-0.05, 0) is 0 Å². The lowest BCUT2D eigenvalue weighted by Gasteiger charge is -1.32. The van der Waals surface area contributed by atoms with Crippen LogP contribution in [-0.2, 0) is 0 Å². The predicted octanol–water partition coefficient (Wildman–Crippen LogP) is 0.943. The molecule has 0 rings (SSSR count). The summed E-state index contributed by atoms with van der Waals surface area (Å²) in [6, 6.07) is 0. The molecule has 0 saturated heterocycles. The summed E-state index contributed by atoms with van der Waals surface area (Å²) < 4.78 is 0. The van der Waals surface area contributed by atoms with Gasteiger partial charge in [0, 0.05) is 0 Å². The highest BCUT2D eigenvalue weighted by atomic mass is 24.3. The Morgan fingerprint density at radius 3 is 0.0864 bits per heavy atom. The zero-order valence-corrected chi connectivity index (χ0v) is 33.9. The number of nitrogens with zero attached hydrogens (tertiary/aromatic N) is 26. The van der Waals surface area contributed by atoms with Gasteiger partial charge in [-0.1, -0.05) is 0 Å². The van der Waals surface area contributed by atoms with Crippen molar-refractivity contribution in [2.24, 2.45) is 139 Å². The molecule has 0 aromatic carbocycles. The molecule has 0 amide bonds. The summed E-state index contributed by atoms with van der Waals surface area (Å²) in [7, 11) is 0. The van der Waals surface area contributed by atoms with Crippen molar-refractivity contribution in [2.45, 2.75) is 0 Å². The maximum Gasteiger partial charge on any atom is 0.316 e. The molecule has 81 heavy (non-hydrogen) atoms. The first kappa shape index (κ1) is 201. The minimum atomic E-state index is 0.